The molecule has 0 saturated carbocycles. The van der Waals surface area contributed by atoms with Gasteiger partial charge < -0.3 is 0 Å². The Bertz CT molecular complexity index is 869. The quantitative estimate of drug-likeness (QED) is 0.787. The Balaban J connectivity index is 1.92. The fourth-order valence-corrected chi connectivity index (χ4v) is 2.92. The van der Waals surface area contributed by atoms with Gasteiger partial charge in [-0.15, -0.1) is 0 Å². The van der Waals surface area contributed by atoms with Crippen molar-refractivity contribution in [2.24, 2.45) is 20.0 Å². The molecular weight excluding hydrogens is 288 g/mol. The van der Waals surface area contributed by atoms with Crippen LogP contribution in [0.25, 0.3) is 0 Å². The first-order valence-corrected chi connectivity index (χ1v) is 7.76. The summed E-state index contributed by atoms with van der Waals surface area (Å²) in [5, 5.41) is 0. The maximum atomic E-state index is 4.74. The number of aliphatic imine (C=N–C) groups is 4. The molecule has 0 aromatic carbocycles. The van der Waals surface area contributed by atoms with E-state index in [1.54, 1.807) is 0 Å². The van der Waals surface area contributed by atoms with Gasteiger partial charge in [-0.25, -0.2) is 9.89 Å². The van der Waals surface area contributed by atoms with Crippen LogP contribution in [0.15, 0.2) is 55.6 Å². The van der Waals surface area contributed by atoms with Crippen LogP contribution >= 0.6 is 0 Å². The van der Waals surface area contributed by atoms with E-state index in [-0.39, 0.29) is 0 Å². The van der Waals surface area contributed by atoms with E-state index in [1.165, 1.54) is 0 Å². The first-order valence-electron chi connectivity index (χ1n) is 7.76. The minimum Gasteiger partial charge on any atom is -0.287 e. The Morgan fingerprint density at radius 3 is 2.30 bits per heavy atom. The summed E-state index contributed by atoms with van der Waals surface area (Å²) in [7, 11) is 0. The van der Waals surface area contributed by atoms with Crippen LogP contribution in [0.3, 0.4) is 0 Å². The molecule has 6 nitrogen and oxygen atoms in total. The highest BCUT2D eigenvalue weighted by Gasteiger charge is 2.31. The van der Waals surface area contributed by atoms with Crippen molar-refractivity contribution in [3.05, 3.63) is 47.1 Å². The Kier molecular flexibility index (Phi) is 2.94. The molecule has 0 spiro atoms. The van der Waals surface area contributed by atoms with E-state index in [1.807, 2.05) is 28.5 Å². The molecule has 0 fully saturated rings. The first-order chi connectivity index (χ1) is 11.1. The molecular formula is C17H18N6. The van der Waals surface area contributed by atoms with Gasteiger partial charge in [0.15, 0.2) is 0 Å². The van der Waals surface area contributed by atoms with Crippen molar-refractivity contribution in [3.8, 4) is 0 Å². The summed E-state index contributed by atoms with van der Waals surface area (Å²) in [6.45, 7) is 8.21. The second-order valence-corrected chi connectivity index (χ2v) is 5.85. The van der Waals surface area contributed by atoms with Crippen LogP contribution in [-0.2, 0) is 0 Å². The Hall–Kier alpha value is -2.76. The molecule has 3 aliphatic rings. The van der Waals surface area contributed by atoms with Crippen molar-refractivity contribution in [3.63, 3.8) is 0 Å². The van der Waals surface area contributed by atoms with Gasteiger partial charge >= 0.3 is 0 Å². The number of amidine groups is 2. The van der Waals surface area contributed by atoms with Crippen molar-refractivity contribution < 1.29 is 0 Å². The molecule has 0 bridgehead atoms. The van der Waals surface area contributed by atoms with Gasteiger partial charge in [0.2, 0.25) is 11.9 Å². The monoisotopic (exact) mass is 306 g/mol. The molecule has 23 heavy (non-hydrogen) atoms. The van der Waals surface area contributed by atoms with E-state index in [4.69, 9.17) is 9.98 Å². The second kappa shape index (κ2) is 4.87. The maximum absolute atomic E-state index is 4.74. The number of rotatable bonds is 1. The zero-order valence-electron chi connectivity index (χ0n) is 13.7. The van der Waals surface area contributed by atoms with Crippen LogP contribution in [-0.4, -0.2) is 33.1 Å². The molecule has 6 heteroatoms. The van der Waals surface area contributed by atoms with Gasteiger partial charge in [0, 0.05) is 17.8 Å². The van der Waals surface area contributed by atoms with Gasteiger partial charge in [0.05, 0.1) is 0 Å². The van der Waals surface area contributed by atoms with E-state index >= 15 is 0 Å². The predicted molar refractivity (Wildman–Crippen MR) is 93.0 cm³/mol. The average Bonchev–Trinajstić information content (AvgIpc) is 2.85. The highest BCUT2D eigenvalue weighted by Crippen LogP contribution is 2.26. The van der Waals surface area contributed by atoms with Crippen molar-refractivity contribution in [1.29, 1.82) is 0 Å². The standard InChI is InChI=1S/C17H18N6/c1-5-13-18-14-8-10(2)9-15-20-17(21-16(19-13)23(14)15)22-11(3)6-7-12(22)4/h6-9H,5H2,1-4H3. The number of nitrogens with zero attached hydrogens (tertiary/aromatic N) is 6. The molecule has 1 aromatic rings. The van der Waals surface area contributed by atoms with Gasteiger partial charge in [-0.3, -0.25) is 4.57 Å². The topological polar surface area (TPSA) is 57.6 Å². The van der Waals surface area contributed by atoms with Crippen molar-refractivity contribution in [2.75, 3.05) is 0 Å². The summed E-state index contributed by atoms with van der Waals surface area (Å²) in [6.07, 6.45) is 4.85. The van der Waals surface area contributed by atoms with Gasteiger partial charge in [-0.05, 0) is 50.6 Å². The molecule has 0 unspecified atom stereocenters. The van der Waals surface area contributed by atoms with Crippen LogP contribution in [0.5, 0.6) is 0 Å². The number of aromatic nitrogens is 1. The molecule has 1 aromatic heterocycles. The van der Waals surface area contributed by atoms with E-state index in [0.717, 1.165) is 40.9 Å². The summed E-state index contributed by atoms with van der Waals surface area (Å²) < 4.78 is 2.05. The van der Waals surface area contributed by atoms with Crippen molar-refractivity contribution in [1.82, 2.24) is 9.47 Å². The predicted octanol–water partition coefficient (Wildman–Crippen LogP) is 3.00. The largest absolute Gasteiger partial charge is 0.287 e. The normalized spacial score (nSPS) is 19.2. The molecule has 116 valence electrons. The van der Waals surface area contributed by atoms with E-state index in [2.05, 4.69) is 42.9 Å². The van der Waals surface area contributed by atoms with Gasteiger partial charge in [-0.1, -0.05) is 6.92 Å². The lowest BCUT2D eigenvalue weighted by Crippen LogP contribution is -2.42. The van der Waals surface area contributed by atoms with Gasteiger partial charge in [0.25, 0.3) is 0 Å². The summed E-state index contributed by atoms with van der Waals surface area (Å²) >= 11 is 0. The third-order valence-corrected chi connectivity index (χ3v) is 4.05. The van der Waals surface area contributed by atoms with Crippen LogP contribution in [0, 0.1) is 13.8 Å². The highest BCUT2D eigenvalue weighted by atomic mass is 15.4. The van der Waals surface area contributed by atoms with E-state index in [9.17, 15) is 0 Å². The zero-order valence-corrected chi connectivity index (χ0v) is 13.7. The minimum atomic E-state index is 0.638. The van der Waals surface area contributed by atoms with E-state index in [0.29, 0.717) is 11.9 Å². The molecule has 0 saturated heterocycles. The SMILES string of the molecule is CCC1=NC2=CC(C)=CC3=NC(n4c(C)ccc4C)=NC(=N1)N23. The molecule has 0 aliphatic carbocycles. The lowest BCUT2D eigenvalue weighted by molar-refractivity contribution is 0.701. The minimum absolute atomic E-state index is 0.638. The van der Waals surface area contributed by atoms with Crippen LogP contribution in [0.2, 0.25) is 0 Å². The third-order valence-electron chi connectivity index (χ3n) is 4.05. The molecule has 0 amide bonds. The highest BCUT2D eigenvalue weighted by molar-refractivity contribution is 6.21. The van der Waals surface area contributed by atoms with E-state index < -0.39 is 0 Å². The molecule has 4 rings (SSSR count). The van der Waals surface area contributed by atoms with Crippen LogP contribution in [0.4, 0.5) is 0 Å². The fraction of sp³-hybridized carbons (Fsp3) is 0.294. The third kappa shape index (κ3) is 2.10. The smallest absolute Gasteiger partial charge is 0.242 e. The zero-order chi connectivity index (χ0) is 16.1. The number of guanidine groups is 1. The molecule has 3 aliphatic heterocycles. The average molecular weight is 306 g/mol. The molecule has 4 heterocycles. The fourth-order valence-electron chi connectivity index (χ4n) is 2.92. The first kappa shape index (κ1) is 13.9. The van der Waals surface area contributed by atoms with Crippen LogP contribution in [0.1, 0.15) is 31.7 Å². The number of allylic oxidation sites excluding steroid dienone is 2. The Labute approximate surface area is 135 Å². The summed E-state index contributed by atoms with van der Waals surface area (Å²) in [4.78, 5) is 20.5. The maximum Gasteiger partial charge on any atom is 0.242 e. The lowest BCUT2D eigenvalue weighted by Gasteiger charge is -2.32. The Morgan fingerprint density at radius 2 is 1.61 bits per heavy atom. The number of aryl methyl sites for hydroxylation is 2. The Morgan fingerprint density at radius 1 is 0.870 bits per heavy atom. The van der Waals surface area contributed by atoms with Crippen molar-refractivity contribution in [2.45, 2.75) is 34.1 Å². The second-order valence-electron chi connectivity index (χ2n) is 5.85. The van der Waals surface area contributed by atoms with Crippen LogP contribution < -0.4 is 0 Å². The number of hydrogen-bond donors (Lipinski definition) is 0. The summed E-state index contributed by atoms with van der Waals surface area (Å²) in [5.41, 5.74) is 3.33. The molecule has 0 atom stereocenters. The lowest BCUT2D eigenvalue weighted by atomic mass is 10.1. The number of hydrogen-bond acceptors (Lipinski definition) is 5. The summed E-state index contributed by atoms with van der Waals surface area (Å²) in [6, 6.07) is 4.14. The summed E-state index contributed by atoms with van der Waals surface area (Å²) in [5.74, 6) is 3.74. The molecule has 0 radical (unpaired) electrons. The van der Waals surface area contributed by atoms with Crippen molar-refractivity contribution >= 4 is 23.6 Å². The van der Waals surface area contributed by atoms with Gasteiger partial charge in [-0.2, -0.15) is 15.0 Å². The molecule has 0 N–H and O–H groups in total. The van der Waals surface area contributed by atoms with Gasteiger partial charge in [0.1, 0.15) is 17.5 Å².